The van der Waals surface area contributed by atoms with E-state index in [4.69, 9.17) is 5.21 Å². The molecule has 2 N–H and O–H groups in total. The Morgan fingerprint density at radius 2 is 2.15 bits per heavy atom. The summed E-state index contributed by atoms with van der Waals surface area (Å²) in [4.78, 5) is 17.5. The van der Waals surface area contributed by atoms with Gasteiger partial charge < -0.3 is 4.90 Å². The Morgan fingerprint density at radius 3 is 2.92 bits per heavy atom. The minimum absolute atomic E-state index is 0.0441. The monoisotopic (exact) mass is 359 g/mol. The summed E-state index contributed by atoms with van der Waals surface area (Å²) in [6, 6.07) is 9.01. The molecule has 7 nitrogen and oxygen atoms in total. The highest BCUT2D eigenvalue weighted by Gasteiger charge is 2.34. The van der Waals surface area contributed by atoms with Gasteiger partial charge in [-0.25, -0.2) is 23.8 Å². The van der Waals surface area contributed by atoms with Crippen molar-refractivity contribution >= 4 is 17.4 Å². The molecule has 26 heavy (non-hydrogen) atoms. The van der Waals surface area contributed by atoms with Crippen molar-refractivity contribution < 1.29 is 18.8 Å². The van der Waals surface area contributed by atoms with Crippen LogP contribution in [0.25, 0.3) is 5.65 Å². The van der Waals surface area contributed by atoms with Crippen LogP contribution in [-0.2, 0) is 0 Å². The van der Waals surface area contributed by atoms with Gasteiger partial charge in [0, 0.05) is 6.42 Å². The third-order valence-electron chi connectivity index (χ3n) is 4.46. The van der Waals surface area contributed by atoms with Gasteiger partial charge in [0.05, 0.1) is 18.8 Å². The summed E-state index contributed by atoms with van der Waals surface area (Å²) in [5.74, 6) is -0.713. The predicted molar refractivity (Wildman–Crippen MR) is 88.2 cm³/mol. The third kappa shape index (κ3) is 2.76. The summed E-state index contributed by atoms with van der Waals surface area (Å²) in [6.07, 6.45) is 0.421. The molecule has 0 radical (unpaired) electrons. The molecule has 1 saturated heterocycles. The van der Waals surface area contributed by atoms with Crippen LogP contribution in [0.15, 0.2) is 42.6 Å². The van der Waals surface area contributed by atoms with Crippen molar-refractivity contribution in [2.24, 2.45) is 0 Å². The van der Waals surface area contributed by atoms with Crippen molar-refractivity contribution in [2.75, 3.05) is 11.4 Å². The summed E-state index contributed by atoms with van der Waals surface area (Å²) in [7, 11) is 0. The minimum Gasteiger partial charge on any atom is -0.345 e. The maximum Gasteiger partial charge on any atom is 0.294 e. The normalized spacial score (nSPS) is 19.9. The molecule has 3 aromatic rings. The molecule has 1 aromatic carbocycles. The number of benzene rings is 1. The van der Waals surface area contributed by atoms with Crippen LogP contribution in [-0.4, -0.2) is 38.4 Å². The van der Waals surface area contributed by atoms with Crippen molar-refractivity contribution in [3.05, 3.63) is 59.7 Å². The first-order chi connectivity index (χ1) is 12.6. The SMILES string of the molecule is O=C(NO)c1cnc2ccc(N3C[C@@H](F)C[C@@H]3c3cccc(F)c3)nn12. The summed E-state index contributed by atoms with van der Waals surface area (Å²) < 4.78 is 29.0. The summed E-state index contributed by atoms with van der Waals surface area (Å²) >= 11 is 0. The number of hydrogen-bond donors (Lipinski definition) is 2. The van der Waals surface area contributed by atoms with E-state index in [9.17, 15) is 13.6 Å². The molecule has 1 aliphatic rings. The quantitative estimate of drug-likeness (QED) is 0.554. The lowest BCUT2D eigenvalue weighted by atomic mass is 10.0. The lowest BCUT2D eigenvalue weighted by molar-refractivity contribution is 0.0698. The van der Waals surface area contributed by atoms with Gasteiger partial charge in [-0.3, -0.25) is 10.0 Å². The zero-order chi connectivity index (χ0) is 18.3. The van der Waals surface area contributed by atoms with E-state index in [1.165, 1.54) is 22.8 Å². The number of hydroxylamine groups is 1. The molecule has 1 aliphatic heterocycles. The Balaban J connectivity index is 1.76. The fourth-order valence-electron chi connectivity index (χ4n) is 3.30. The maximum absolute atomic E-state index is 14.1. The second kappa shape index (κ2) is 6.34. The Bertz CT molecular complexity index is 977. The number of rotatable bonds is 3. The number of fused-ring (bicyclic) bond motifs is 1. The molecular weight excluding hydrogens is 344 g/mol. The number of halogens is 2. The topological polar surface area (TPSA) is 82.8 Å². The van der Waals surface area contributed by atoms with Gasteiger partial charge in [-0.2, -0.15) is 0 Å². The second-order valence-corrected chi connectivity index (χ2v) is 6.10. The molecule has 0 unspecified atom stereocenters. The molecule has 0 bridgehead atoms. The Labute approximate surface area is 146 Å². The highest BCUT2D eigenvalue weighted by atomic mass is 19.1. The van der Waals surface area contributed by atoms with Crippen molar-refractivity contribution in [3.63, 3.8) is 0 Å². The molecule has 4 rings (SSSR count). The highest BCUT2D eigenvalue weighted by Crippen LogP contribution is 2.36. The molecule has 1 amide bonds. The minimum atomic E-state index is -1.08. The van der Waals surface area contributed by atoms with E-state index in [-0.39, 0.29) is 30.5 Å². The van der Waals surface area contributed by atoms with E-state index >= 15 is 0 Å². The number of carbonyl (C=O) groups excluding carboxylic acids is 1. The van der Waals surface area contributed by atoms with Crippen LogP contribution in [0.2, 0.25) is 0 Å². The van der Waals surface area contributed by atoms with Gasteiger partial charge >= 0.3 is 0 Å². The first-order valence-corrected chi connectivity index (χ1v) is 8.02. The Kier molecular flexibility index (Phi) is 4.00. The molecule has 9 heteroatoms. The smallest absolute Gasteiger partial charge is 0.294 e. The molecule has 2 aromatic heterocycles. The van der Waals surface area contributed by atoms with Crippen LogP contribution in [0, 0.1) is 5.82 Å². The van der Waals surface area contributed by atoms with Gasteiger partial charge in [-0.05, 0) is 29.8 Å². The van der Waals surface area contributed by atoms with Crippen LogP contribution in [0.3, 0.4) is 0 Å². The van der Waals surface area contributed by atoms with E-state index in [1.54, 1.807) is 34.6 Å². The number of nitrogens with zero attached hydrogens (tertiary/aromatic N) is 4. The van der Waals surface area contributed by atoms with Gasteiger partial charge in [-0.1, -0.05) is 12.1 Å². The predicted octanol–water partition coefficient (Wildman–Crippen LogP) is 2.28. The van der Waals surface area contributed by atoms with Gasteiger partial charge in [0.15, 0.2) is 11.3 Å². The average Bonchev–Trinajstić information content (AvgIpc) is 3.24. The van der Waals surface area contributed by atoms with Crippen LogP contribution in [0.5, 0.6) is 0 Å². The van der Waals surface area contributed by atoms with E-state index in [0.717, 1.165) is 0 Å². The van der Waals surface area contributed by atoms with Crippen LogP contribution >= 0.6 is 0 Å². The van der Waals surface area contributed by atoms with Gasteiger partial charge in [0.25, 0.3) is 5.91 Å². The zero-order valence-corrected chi connectivity index (χ0v) is 13.5. The summed E-state index contributed by atoms with van der Waals surface area (Å²) in [5, 5.41) is 13.2. The molecule has 1 fully saturated rings. The fourth-order valence-corrected chi connectivity index (χ4v) is 3.30. The van der Waals surface area contributed by atoms with Crippen LogP contribution in [0.4, 0.5) is 14.6 Å². The molecule has 0 saturated carbocycles. The zero-order valence-electron chi connectivity index (χ0n) is 13.5. The first kappa shape index (κ1) is 16.4. The average molecular weight is 359 g/mol. The molecular formula is C17H15F2N5O2. The molecule has 3 heterocycles. The number of carbonyl (C=O) groups is 1. The lowest BCUT2D eigenvalue weighted by Crippen LogP contribution is -2.26. The maximum atomic E-state index is 14.1. The number of hydrogen-bond acceptors (Lipinski definition) is 5. The molecule has 134 valence electrons. The molecule has 0 spiro atoms. The molecule has 0 aliphatic carbocycles. The number of amides is 1. The number of nitrogens with one attached hydrogen (secondary N) is 1. The van der Waals surface area contributed by atoms with Gasteiger partial charge in [-0.15, -0.1) is 5.10 Å². The van der Waals surface area contributed by atoms with Crippen molar-refractivity contribution in [2.45, 2.75) is 18.6 Å². The Hall–Kier alpha value is -3.07. The van der Waals surface area contributed by atoms with E-state index in [2.05, 4.69) is 10.1 Å². The second-order valence-electron chi connectivity index (χ2n) is 6.10. The number of alkyl halides is 1. The highest BCUT2D eigenvalue weighted by molar-refractivity contribution is 5.92. The molecule has 2 atom stereocenters. The van der Waals surface area contributed by atoms with Crippen LogP contribution in [0.1, 0.15) is 28.5 Å². The summed E-state index contributed by atoms with van der Waals surface area (Å²) in [6.45, 7) is 0.107. The van der Waals surface area contributed by atoms with Crippen molar-refractivity contribution in [3.8, 4) is 0 Å². The number of imidazole rings is 1. The largest absolute Gasteiger partial charge is 0.345 e. The first-order valence-electron chi connectivity index (χ1n) is 8.02. The lowest BCUT2D eigenvalue weighted by Gasteiger charge is -2.25. The standard InChI is InChI=1S/C17H15F2N5O2/c18-11-3-1-2-10(6-11)13-7-12(19)9-23(13)16-5-4-15-20-8-14(17(25)22-26)24(15)21-16/h1-6,8,12-13,26H,7,9H2,(H,22,25)/t12-,13+/m0/s1. The van der Waals surface area contributed by atoms with Gasteiger partial charge in [0.2, 0.25) is 0 Å². The van der Waals surface area contributed by atoms with E-state index in [0.29, 0.717) is 17.0 Å². The van der Waals surface area contributed by atoms with E-state index in [1.807, 2.05) is 0 Å². The third-order valence-corrected chi connectivity index (χ3v) is 4.46. The number of aromatic nitrogens is 3. The van der Waals surface area contributed by atoms with Crippen molar-refractivity contribution in [1.82, 2.24) is 20.1 Å². The fraction of sp³-hybridized carbons (Fsp3) is 0.235. The van der Waals surface area contributed by atoms with Gasteiger partial charge in [0.1, 0.15) is 17.8 Å². The Morgan fingerprint density at radius 1 is 1.31 bits per heavy atom. The van der Waals surface area contributed by atoms with Crippen LogP contribution < -0.4 is 10.4 Å². The summed E-state index contributed by atoms with van der Waals surface area (Å²) in [5.41, 5.74) is 2.65. The number of anilines is 1. The van der Waals surface area contributed by atoms with E-state index < -0.39 is 12.1 Å². The van der Waals surface area contributed by atoms with Crippen molar-refractivity contribution in [1.29, 1.82) is 0 Å².